The number of rotatable bonds is 6. The molecule has 1 atom stereocenters. The highest BCUT2D eigenvalue weighted by Gasteiger charge is 2.30. The molecule has 1 amide bonds. The molecule has 0 bridgehead atoms. The molecule has 1 unspecified atom stereocenters. The molecule has 1 aromatic carbocycles. The van der Waals surface area contributed by atoms with Crippen LogP contribution in [0, 0.1) is 11.3 Å². The number of carbonyl (C=O) groups is 1. The number of pyridine rings is 1. The highest BCUT2D eigenvalue weighted by molar-refractivity contribution is 6.30. The van der Waals surface area contributed by atoms with Gasteiger partial charge >= 0.3 is 0 Å². The first-order valence-corrected chi connectivity index (χ1v) is 14.0. The summed E-state index contributed by atoms with van der Waals surface area (Å²) in [5.74, 6) is 0.891. The van der Waals surface area contributed by atoms with E-state index < -0.39 is 6.04 Å². The zero-order valence-corrected chi connectivity index (χ0v) is 24.4. The molecule has 11 heteroatoms. The topological polar surface area (TPSA) is 98.6 Å². The van der Waals surface area contributed by atoms with Gasteiger partial charge in [-0.15, -0.1) is 0 Å². The fourth-order valence-corrected chi connectivity index (χ4v) is 5.67. The number of nitriles is 1. The number of anilines is 1. The minimum atomic E-state index is -0.398. The van der Waals surface area contributed by atoms with Crippen molar-refractivity contribution in [3.05, 3.63) is 89.6 Å². The van der Waals surface area contributed by atoms with Crippen LogP contribution in [0.4, 0.5) is 5.82 Å². The van der Waals surface area contributed by atoms with Gasteiger partial charge in [0.2, 0.25) is 5.91 Å². The molecule has 0 saturated carbocycles. The first-order chi connectivity index (χ1) is 20.3. The third-order valence-electron chi connectivity index (χ3n) is 7.60. The predicted molar refractivity (Wildman–Crippen MR) is 162 cm³/mol. The normalized spacial score (nSPS) is 14.4. The Hall–Kier alpha value is -4.72. The molecule has 212 valence electrons. The lowest BCUT2D eigenvalue weighted by molar-refractivity contribution is -0.136. The SMILES string of the molecule is CN(C)C(C(=O)N1CCN(c2ccc(-c3nc(-c4ccn(C)c4)cn4ncc(C#N)c34)cn2)CC1)c1cccc(Cl)c1. The highest BCUT2D eigenvalue weighted by atomic mass is 35.5. The summed E-state index contributed by atoms with van der Waals surface area (Å²) in [5, 5.41) is 14.7. The molecule has 0 spiro atoms. The van der Waals surface area contributed by atoms with Gasteiger partial charge in [-0.1, -0.05) is 23.7 Å². The quantitative estimate of drug-likeness (QED) is 0.296. The Balaban J connectivity index is 1.21. The van der Waals surface area contributed by atoms with Crippen LogP contribution in [-0.2, 0) is 11.8 Å². The van der Waals surface area contributed by atoms with Gasteiger partial charge in [-0.3, -0.25) is 9.69 Å². The number of piperazine rings is 1. The average Bonchev–Trinajstić information content (AvgIpc) is 3.63. The lowest BCUT2D eigenvalue weighted by Gasteiger charge is -2.38. The number of hydrogen-bond acceptors (Lipinski definition) is 7. The van der Waals surface area contributed by atoms with E-state index in [9.17, 15) is 10.1 Å². The van der Waals surface area contributed by atoms with E-state index in [1.54, 1.807) is 16.9 Å². The van der Waals surface area contributed by atoms with Crippen LogP contribution in [0.25, 0.3) is 28.0 Å². The molecule has 1 aliphatic rings. The largest absolute Gasteiger partial charge is 0.357 e. The lowest BCUT2D eigenvalue weighted by atomic mass is 10.0. The van der Waals surface area contributed by atoms with Crippen molar-refractivity contribution in [3.63, 3.8) is 0 Å². The summed E-state index contributed by atoms with van der Waals surface area (Å²) in [7, 11) is 5.78. The summed E-state index contributed by atoms with van der Waals surface area (Å²) in [5.41, 5.74) is 5.14. The van der Waals surface area contributed by atoms with Gasteiger partial charge in [-0.05, 0) is 50.0 Å². The van der Waals surface area contributed by atoms with Gasteiger partial charge in [0.1, 0.15) is 29.0 Å². The van der Waals surface area contributed by atoms with Crippen LogP contribution < -0.4 is 4.90 Å². The second-order valence-electron chi connectivity index (χ2n) is 10.6. The maximum atomic E-state index is 13.5. The van der Waals surface area contributed by atoms with E-state index in [1.165, 1.54) is 0 Å². The summed E-state index contributed by atoms with van der Waals surface area (Å²) in [4.78, 5) is 29.3. The Morgan fingerprint density at radius 1 is 1.05 bits per heavy atom. The maximum absolute atomic E-state index is 13.5. The van der Waals surface area contributed by atoms with Crippen molar-refractivity contribution in [1.82, 2.24) is 33.9 Å². The zero-order chi connectivity index (χ0) is 29.4. The molecule has 10 nitrogen and oxygen atoms in total. The van der Waals surface area contributed by atoms with Gasteiger partial charge in [0, 0.05) is 68.0 Å². The Labute approximate surface area is 249 Å². The zero-order valence-electron chi connectivity index (χ0n) is 23.6. The molecular weight excluding hydrogens is 550 g/mol. The van der Waals surface area contributed by atoms with Gasteiger partial charge in [0.25, 0.3) is 0 Å². The number of aryl methyl sites for hydroxylation is 1. The number of halogens is 1. The molecular formula is C31H30ClN9O. The molecule has 0 N–H and O–H groups in total. The van der Waals surface area contributed by atoms with Crippen molar-refractivity contribution in [1.29, 1.82) is 5.26 Å². The first-order valence-electron chi connectivity index (χ1n) is 13.7. The fourth-order valence-electron chi connectivity index (χ4n) is 5.47. The third kappa shape index (κ3) is 5.20. The first kappa shape index (κ1) is 27.4. The number of nitrogens with zero attached hydrogens (tertiary/aromatic N) is 9. The molecule has 42 heavy (non-hydrogen) atoms. The number of fused-ring (bicyclic) bond motifs is 1. The second kappa shape index (κ2) is 11.3. The van der Waals surface area contributed by atoms with Crippen molar-refractivity contribution < 1.29 is 4.79 Å². The number of likely N-dealkylation sites (N-methyl/N-ethyl adjacent to an activating group) is 1. The summed E-state index contributed by atoms with van der Waals surface area (Å²) >= 11 is 6.22. The number of amides is 1. The molecule has 4 aromatic heterocycles. The summed E-state index contributed by atoms with van der Waals surface area (Å²) in [6, 6.07) is 15.3. The molecule has 6 rings (SSSR count). The van der Waals surface area contributed by atoms with E-state index in [1.807, 2.05) is 96.6 Å². The van der Waals surface area contributed by atoms with Gasteiger partial charge in [0.15, 0.2) is 0 Å². The van der Waals surface area contributed by atoms with Crippen molar-refractivity contribution in [2.45, 2.75) is 6.04 Å². The Morgan fingerprint density at radius 2 is 1.86 bits per heavy atom. The van der Waals surface area contributed by atoms with E-state index in [4.69, 9.17) is 21.6 Å². The van der Waals surface area contributed by atoms with Crippen LogP contribution in [-0.4, -0.2) is 80.1 Å². The van der Waals surface area contributed by atoms with Gasteiger partial charge in [-0.2, -0.15) is 10.4 Å². The van der Waals surface area contributed by atoms with Crippen LogP contribution in [0.2, 0.25) is 5.02 Å². The molecule has 1 fully saturated rings. The van der Waals surface area contributed by atoms with Gasteiger partial charge in [-0.25, -0.2) is 14.5 Å². The summed E-state index contributed by atoms with van der Waals surface area (Å²) < 4.78 is 3.67. The summed E-state index contributed by atoms with van der Waals surface area (Å²) in [6.45, 7) is 2.52. The van der Waals surface area contributed by atoms with E-state index in [0.29, 0.717) is 48.0 Å². The molecule has 1 saturated heterocycles. The molecule has 0 radical (unpaired) electrons. The van der Waals surface area contributed by atoms with Crippen LogP contribution in [0.3, 0.4) is 0 Å². The van der Waals surface area contributed by atoms with E-state index in [0.717, 1.165) is 28.2 Å². The minimum Gasteiger partial charge on any atom is -0.357 e. The maximum Gasteiger partial charge on any atom is 0.244 e. The average molecular weight is 580 g/mol. The molecule has 5 heterocycles. The van der Waals surface area contributed by atoms with Crippen molar-refractivity contribution in [2.75, 3.05) is 45.2 Å². The number of hydrogen-bond donors (Lipinski definition) is 0. The van der Waals surface area contributed by atoms with Crippen LogP contribution in [0.15, 0.2) is 73.4 Å². The highest BCUT2D eigenvalue weighted by Crippen LogP contribution is 2.30. The lowest BCUT2D eigenvalue weighted by Crippen LogP contribution is -2.51. The monoisotopic (exact) mass is 579 g/mol. The number of aromatic nitrogens is 5. The molecule has 5 aromatic rings. The van der Waals surface area contributed by atoms with Gasteiger partial charge in [0.05, 0.1) is 23.8 Å². The predicted octanol–water partition coefficient (Wildman–Crippen LogP) is 4.27. The second-order valence-corrected chi connectivity index (χ2v) is 11.1. The smallest absolute Gasteiger partial charge is 0.244 e. The molecule has 0 aliphatic carbocycles. The van der Waals surface area contributed by atoms with Gasteiger partial charge < -0.3 is 14.4 Å². The standard InChI is InChI=1S/C31H30ClN9O/c1-37(2)30(21-5-4-6-25(32)15-21)31(42)40-13-11-39(12-14-40)27-8-7-22(17-34-27)28-29-24(16-33)18-35-41(29)20-26(36-28)23-9-10-38(3)19-23/h4-10,15,17-20,30H,11-14H2,1-3H3. The number of carbonyl (C=O) groups excluding carboxylic acids is 1. The fraction of sp³-hybridized carbons (Fsp3) is 0.258. The Bertz CT molecular complexity index is 1790. The Morgan fingerprint density at radius 3 is 2.50 bits per heavy atom. The summed E-state index contributed by atoms with van der Waals surface area (Å²) in [6.07, 6.45) is 9.15. The van der Waals surface area contributed by atoms with Crippen LogP contribution in [0.1, 0.15) is 17.2 Å². The van der Waals surface area contributed by atoms with Crippen molar-refractivity contribution in [2.24, 2.45) is 7.05 Å². The van der Waals surface area contributed by atoms with Crippen molar-refractivity contribution >= 4 is 28.8 Å². The molecule has 1 aliphatic heterocycles. The van der Waals surface area contributed by atoms with Crippen molar-refractivity contribution in [3.8, 4) is 28.6 Å². The van der Waals surface area contributed by atoms with E-state index in [-0.39, 0.29) is 5.91 Å². The Kier molecular flexibility index (Phi) is 7.37. The minimum absolute atomic E-state index is 0.0627. The van der Waals surface area contributed by atoms with Crippen LogP contribution in [0.5, 0.6) is 0 Å². The van der Waals surface area contributed by atoms with E-state index >= 15 is 0 Å². The van der Waals surface area contributed by atoms with E-state index in [2.05, 4.69) is 16.1 Å². The van der Waals surface area contributed by atoms with Crippen LogP contribution >= 0.6 is 11.6 Å². The number of benzene rings is 1. The third-order valence-corrected chi connectivity index (χ3v) is 7.83.